The zero-order valence-electron chi connectivity index (χ0n) is 13.2. The number of aliphatic hydroxyl groups is 1. The van der Waals surface area contributed by atoms with E-state index in [-0.39, 0.29) is 24.8 Å². The standard InChI is InChI=1S/C14H22N2O5S/c1-5-9(7-17)15-14(19)16-11-10(12(18)21-6-2)8(3)13(20-4)22-11/h9,17H,5-7H2,1-4H3,(H2,15,16,19)/t9-/m1/s1. The van der Waals surface area contributed by atoms with Gasteiger partial charge >= 0.3 is 12.0 Å². The van der Waals surface area contributed by atoms with Crippen molar-refractivity contribution in [3.8, 4) is 5.06 Å². The molecule has 0 bridgehead atoms. The molecular weight excluding hydrogens is 308 g/mol. The van der Waals surface area contributed by atoms with E-state index < -0.39 is 12.0 Å². The molecule has 0 unspecified atom stereocenters. The van der Waals surface area contributed by atoms with Crippen LogP contribution in [0.2, 0.25) is 0 Å². The van der Waals surface area contributed by atoms with Crippen molar-refractivity contribution in [1.82, 2.24) is 5.32 Å². The zero-order valence-corrected chi connectivity index (χ0v) is 14.0. The minimum atomic E-state index is -0.510. The van der Waals surface area contributed by atoms with E-state index >= 15 is 0 Å². The number of aliphatic hydroxyl groups excluding tert-OH is 1. The highest BCUT2D eigenvalue weighted by molar-refractivity contribution is 7.18. The number of thiophene rings is 1. The Balaban J connectivity index is 2.98. The number of esters is 1. The second kappa shape index (κ2) is 8.60. The predicted molar refractivity (Wildman–Crippen MR) is 84.9 cm³/mol. The molecule has 124 valence electrons. The van der Waals surface area contributed by atoms with Gasteiger partial charge in [0.2, 0.25) is 0 Å². The van der Waals surface area contributed by atoms with Gasteiger partial charge in [0.1, 0.15) is 10.6 Å². The Hall–Kier alpha value is -1.80. The summed E-state index contributed by atoms with van der Waals surface area (Å²) in [6.07, 6.45) is 0.599. The van der Waals surface area contributed by atoms with Gasteiger partial charge in [0, 0.05) is 5.56 Å². The fraction of sp³-hybridized carbons (Fsp3) is 0.571. The molecule has 0 radical (unpaired) electrons. The minimum Gasteiger partial charge on any atom is -0.487 e. The molecule has 0 aliphatic rings. The second-order valence-electron chi connectivity index (χ2n) is 4.53. The summed E-state index contributed by atoms with van der Waals surface area (Å²) in [5, 5.41) is 15.2. The Morgan fingerprint density at radius 1 is 1.36 bits per heavy atom. The van der Waals surface area contributed by atoms with Crippen molar-refractivity contribution in [2.24, 2.45) is 0 Å². The number of amides is 2. The van der Waals surface area contributed by atoms with E-state index in [0.717, 1.165) is 11.3 Å². The van der Waals surface area contributed by atoms with Crippen molar-refractivity contribution < 1.29 is 24.2 Å². The van der Waals surface area contributed by atoms with E-state index in [4.69, 9.17) is 14.6 Å². The maximum absolute atomic E-state index is 12.0. The predicted octanol–water partition coefficient (Wildman–Crippen LogP) is 2.13. The van der Waals surface area contributed by atoms with Crippen molar-refractivity contribution >= 4 is 28.3 Å². The molecule has 0 aliphatic carbocycles. The molecule has 0 saturated heterocycles. The number of rotatable bonds is 7. The summed E-state index contributed by atoms with van der Waals surface area (Å²) in [4.78, 5) is 24.0. The number of nitrogens with one attached hydrogen (secondary N) is 2. The Bertz CT molecular complexity index is 526. The summed E-state index contributed by atoms with van der Waals surface area (Å²) in [6, 6.07) is -0.829. The van der Waals surface area contributed by atoms with E-state index in [2.05, 4.69) is 10.6 Å². The van der Waals surface area contributed by atoms with Crippen LogP contribution in [0.25, 0.3) is 0 Å². The number of carbonyl (C=O) groups excluding carboxylic acids is 2. The molecule has 1 rings (SSSR count). The SMILES string of the molecule is CCOC(=O)c1c(NC(=O)N[C@H](CC)CO)sc(OC)c1C. The molecule has 3 N–H and O–H groups in total. The summed E-state index contributed by atoms with van der Waals surface area (Å²) in [7, 11) is 1.50. The largest absolute Gasteiger partial charge is 0.487 e. The first kappa shape index (κ1) is 18.2. The third-order valence-electron chi connectivity index (χ3n) is 3.04. The van der Waals surface area contributed by atoms with E-state index in [9.17, 15) is 9.59 Å². The number of methoxy groups -OCH3 is 1. The molecule has 0 aromatic carbocycles. The van der Waals surface area contributed by atoms with Crippen molar-refractivity contribution in [2.75, 3.05) is 25.6 Å². The van der Waals surface area contributed by atoms with Gasteiger partial charge in [-0.15, -0.1) is 0 Å². The Kier molecular flexibility index (Phi) is 7.13. The maximum atomic E-state index is 12.0. The third-order valence-corrected chi connectivity index (χ3v) is 4.21. The van der Waals surface area contributed by atoms with Crippen molar-refractivity contribution in [2.45, 2.75) is 33.2 Å². The van der Waals surface area contributed by atoms with Crippen molar-refractivity contribution in [3.05, 3.63) is 11.1 Å². The van der Waals surface area contributed by atoms with E-state index in [1.165, 1.54) is 7.11 Å². The second-order valence-corrected chi connectivity index (χ2v) is 5.51. The highest BCUT2D eigenvalue weighted by Crippen LogP contribution is 2.39. The van der Waals surface area contributed by atoms with Gasteiger partial charge < -0.3 is 19.9 Å². The lowest BCUT2D eigenvalue weighted by molar-refractivity contribution is 0.0527. The molecule has 1 aromatic rings. The van der Waals surface area contributed by atoms with Crippen LogP contribution in [-0.2, 0) is 4.74 Å². The summed E-state index contributed by atoms with van der Waals surface area (Å²) < 4.78 is 10.2. The topological polar surface area (TPSA) is 96.9 Å². The monoisotopic (exact) mass is 330 g/mol. The molecule has 8 heteroatoms. The lowest BCUT2D eigenvalue weighted by atomic mass is 10.2. The number of anilines is 1. The lowest BCUT2D eigenvalue weighted by Crippen LogP contribution is -2.39. The summed E-state index contributed by atoms with van der Waals surface area (Å²) >= 11 is 1.15. The van der Waals surface area contributed by atoms with Crippen LogP contribution >= 0.6 is 11.3 Å². The number of hydrogen-bond acceptors (Lipinski definition) is 6. The fourth-order valence-electron chi connectivity index (χ4n) is 1.83. The van der Waals surface area contributed by atoms with Gasteiger partial charge in [-0.25, -0.2) is 9.59 Å². The van der Waals surface area contributed by atoms with Crippen LogP contribution in [0.4, 0.5) is 9.80 Å². The molecule has 22 heavy (non-hydrogen) atoms. The quantitative estimate of drug-likeness (QED) is 0.666. The summed E-state index contributed by atoms with van der Waals surface area (Å²) in [6.45, 7) is 5.38. The highest BCUT2D eigenvalue weighted by Gasteiger charge is 2.24. The Morgan fingerprint density at radius 3 is 2.55 bits per heavy atom. The van der Waals surface area contributed by atoms with Crippen molar-refractivity contribution in [1.29, 1.82) is 0 Å². The van der Waals surface area contributed by atoms with Gasteiger partial charge in [-0.1, -0.05) is 18.3 Å². The minimum absolute atomic E-state index is 0.151. The average Bonchev–Trinajstić information content (AvgIpc) is 2.80. The molecule has 1 heterocycles. The van der Waals surface area contributed by atoms with Gasteiger partial charge in [0.25, 0.3) is 0 Å². The molecule has 0 spiro atoms. The molecule has 0 fully saturated rings. The molecule has 7 nitrogen and oxygen atoms in total. The van der Waals surface area contributed by atoms with Crippen LogP contribution in [0.15, 0.2) is 0 Å². The summed E-state index contributed by atoms with van der Waals surface area (Å²) in [5.41, 5.74) is 0.909. The smallest absolute Gasteiger partial charge is 0.341 e. The van der Waals surface area contributed by atoms with Crippen LogP contribution < -0.4 is 15.4 Å². The van der Waals surface area contributed by atoms with Gasteiger partial charge in [0.15, 0.2) is 5.06 Å². The van der Waals surface area contributed by atoms with Gasteiger partial charge in [-0.05, 0) is 20.3 Å². The normalized spacial score (nSPS) is 11.7. The molecule has 2 amide bonds. The first-order valence-electron chi connectivity index (χ1n) is 7.01. The third kappa shape index (κ3) is 4.35. The highest BCUT2D eigenvalue weighted by atomic mass is 32.1. The molecule has 1 atom stereocenters. The first-order valence-corrected chi connectivity index (χ1v) is 7.82. The maximum Gasteiger partial charge on any atom is 0.341 e. The first-order chi connectivity index (χ1) is 10.5. The van der Waals surface area contributed by atoms with Crippen LogP contribution in [0.5, 0.6) is 5.06 Å². The van der Waals surface area contributed by atoms with E-state index in [1.54, 1.807) is 13.8 Å². The van der Waals surface area contributed by atoms with Gasteiger partial charge in [-0.3, -0.25) is 5.32 Å². The van der Waals surface area contributed by atoms with Crippen LogP contribution in [0.3, 0.4) is 0 Å². The van der Waals surface area contributed by atoms with E-state index in [0.29, 0.717) is 22.0 Å². The Labute approximate surface area is 133 Å². The molecule has 0 aliphatic heterocycles. The molecule has 0 saturated carbocycles. The zero-order chi connectivity index (χ0) is 16.7. The lowest BCUT2D eigenvalue weighted by Gasteiger charge is -2.14. The number of ether oxygens (including phenoxy) is 2. The summed E-state index contributed by atoms with van der Waals surface area (Å²) in [5.74, 6) is -0.510. The van der Waals surface area contributed by atoms with E-state index in [1.807, 2.05) is 6.92 Å². The van der Waals surface area contributed by atoms with Crippen molar-refractivity contribution in [3.63, 3.8) is 0 Å². The number of carbonyl (C=O) groups is 2. The number of urea groups is 1. The van der Waals surface area contributed by atoms with Gasteiger partial charge in [0.05, 0.1) is 26.4 Å². The molecular formula is C14H22N2O5S. The van der Waals surface area contributed by atoms with Gasteiger partial charge in [-0.2, -0.15) is 0 Å². The average molecular weight is 330 g/mol. The van der Waals surface area contributed by atoms with Crippen LogP contribution in [0, 0.1) is 6.92 Å². The van der Waals surface area contributed by atoms with Crippen LogP contribution in [-0.4, -0.2) is 43.5 Å². The Morgan fingerprint density at radius 2 is 2.05 bits per heavy atom. The number of hydrogen-bond donors (Lipinski definition) is 3. The fourth-order valence-corrected chi connectivity index (χ4v) is 2.83. The molecule has 1 aromatic heterocycles. The van der Waals surface area contributed by atoms with Crippen LogP contribution in [0.1, 0.15) is 36.2 Å².